The van der Waals surface area contributed by atoms with E-state index in [-0.39, 0.29) is 11.9 Å². The number of nitrogens with one attached hydrogen (secondary N) is 1. The number of nitrogens with zero attached hydrogens (tertiary/aromatic N) is 1. The van der Waals surface area contributed by atoms with Gasteiger partial charge in [0, 0.05) is 19.0 Å². The van der Waals surface area contributed by atoms with Crippen LogP contribution in [0.25, 0.3) is 0 Å². The normalized spacial score (nSPS) is 24.9. The topological polar surface area (TPSA) is 32.3 Å². The predicted octanol–water partition coefficient (Wildman–Crippen LogP) is 4.19. The van der Waals surface area contributed by atoms with E-state index in [1.165, 1.54) is 12.8 Å². The quantitative estimate of drug-likeness (QED) is 0.891. The Bertz CT molecular complexity index is 543. The molecule has 5 heteroatoms. The molecular weight excluding hydrogens is 319 g/mol. The van der Waals surface area contributed by atoms with Gasteiger partial charge in [-0.2, -0.15) is 0 Å². The number of benzene rings is 1. The summed E-state index contributed by atoms with van der Waals surface area (Å²) in [7, 11) is 0. The third-order valence-corrected chi connectivity index (χ3v) is 5.51. The maximum absolute atomic E-state index is 12.6. The SMILES string of the molecule is O=C(CCC1CCCN1)N1CCCC1c1ccc(Cl)c(Cl)c1. The average Bonchev–Trinajstić information content (AvgIpc) is 3.18. The predicted molar refractivity (Wildman–Crippen MR) is 90.4 cm³/mol. The molecule has 2 aliphatic heterocycles. The molecule has 120 valence electrons. The minimum atomic E-state index is 0.152. The van der Waals surface area contributed by atoms with Crippen molar-refractivity contribution in [3.8, 4) is 0 Å². The van der Waals surface area contributed by atoms with Crippen LogP contribution >= 0.6 is 23.2 Å². The number of amides is 1. The van der Waals surface area contributed by atoms with E-state index in [2.05, 4.69) is 5.32 Å². The van der Waals surface area contributed by atoms with Crippen LogP contribution in [0.3, 0.4) is 0 Å². The first kappa shape index (κ1) is 16.1. The van der Waals surface area contributed by atoms with Crippen LogP contribution in [0, 0.1) is 0 Å². The van der Waals surface area contributed by atoms with Crippen LogP contribution in [-0.2, 0) is 4.79 Å². The van der Waals surface area contributed by atoms with Crippen molar-refractivity contribution in [1.82, 2.24) is 10.2 Å². The molecule has 0 aliphatic carbocycles. The van der Waals surface area contributed by atoms with Crippen molar-refractivity contribution in [2.75, 3.05) is 13.1 Å². The minimum absolute atomic E-state index is 0.152. The van der Waals surface area contributed by atoms with E-state index in [1.54, 1.807) is 0 Å². The third kappa shape index (κ3) is 3.58. The van der Waals surface area contributed by atoms with Crippen LogP contribution in [0.5, 0.6) is 0 Å². The van der Waals surface area contributed by atoms with Crippen molar-refractivity contribution in [2.45, 2.75) is 50.6 Å². The summed E-state index contributed by atoms with van der Waals surface area (Å²) in [6, 6.07) is 6.39. The number of halogens is 2. The second kappa shape index (κ2) is 7.20. The molecule has 0 radical (unpaired) electrons. The fraction of sp³-hybridized carbons (Fsp3) is 0.588. The van der Waals surface area contributed by atoms with Crippen LogP contribution in [0.15, 0.2) is 18.2 Å². The highest BCUT2D eigenvalue weighted by molar-refractivity contribution is 6.42. The van der Waals surface area contributed by atoms with Crippen LogP contribution < -0.4 is 5.32 Å². The van der Waals surface area contributed by atoms with Gasteiger partial charge in [0.2, 0.25) is 5.91 Å². The summed E-state index contributed by atoms with van der Waals surface area (Å²) < 4.78 is 0. The monoisotopic (exact) mass is 340 g/mol. The van der Waals surface area contributed by atoms with Gasteiger partial charge in [-0.3, -0.25) is 4.79 Å². The van der Waals surface area contributed by atoms with E-state index in [4.69, 9.17) is 23.2 Å². The van der Waals surface area contributed by atoms with E-state index < -0.39 is 0 Å². The molecule has 0 spiro atoms. The van der Waals surface area contributed by atoms with Crippen molar-refractivity contribution >= 4 is 29.1 Å². The molecular formula is C17H22Cl2N2O. The lowest BCUT2D eigenvalue weighted by Gasteiger charge is -2.26. The highest BCUT2D eigenvalue weighted by atomic mass is 35.5. The summed E-state index contributed by atoms with van der Waals surface area (Å²) in [6.45, 7) is 1.94. The molecule has 1 aromatic rings. The van der Waals surface area contributed by atoms with Crippen molar-refractivity contribution in [3.05, 3.63) is 33.8 Å². The zero-order valence-corrected chi connectivity index (χ0v) is 14.2. The van der Waals surface area contributed by atoms with Crippen LogP contribution in [-0.4, -0.2) is 29.9 Å². The summed E-state index contributed by atoms with van der Waals surface area (Å²) in [6.07, 6.45) is 6.07. The van der Waals surface area contributed by atoms with Crippen LogP contribution in [0.2, 0.25) is 10.0 Å². The van der Waals surface area contributed by atoms with E-state index in [0.29, 0.717) is 22.5 Å². The molecule has 3 nitrogen and oxygen atoms in total. The third-order valence-electron chi connectivity index (χ3n) is 4.77. The summed E-state index contributed by atoms with van der Waals surface area (Å²) in [5, 5.41) is 4.58. The molecule has 0 aromatic heterocycles. The lowest BCUT2D eigenvalue weighted by molar-refractivity contribution is -0.132. The highest BCUT2D eigenvalue weighted by Crippen LogP contribution is 2.35. The molecule has 22 heavy (non-hydrogen) atoms. The highest BCUT2D eigenvalue weighted by Gasteiger charge is 2.30. The summed E-state index contributed by atoms with van der Waals surface area (Å²) >= 11 is 12.1. The number of carbonyl (C=O) groups is 1. The molecule has 0 bridgehead atoms. The number of rotatable bonds is 4. The Balaban J connectivity index is 1.64. The Morgan fingerprint density at radius 3 is 2.82 bits per heavy atom. The van der Waals surface area contributed by atoms with Gasteiger partial charge in [-0.1, -0.05) is 29.3 Å². The van der Waals surface area contributed by atoms with E-state index in [1.807, 2.05) is 23.1 Å². The smallest absolute Gasteiger partial charge is 0.223 e. The van der Waals surface area contributed by atoms with Gasteiger partial charge >= 0.3 is 0 Å². The second-order valence-electron chi connectivity index (χ2n) is 6.25. The van der Waals surface area contributed by atoms with E-state index in [9.17, 15) is 4.79 Å². The molecule has 1 N–H and O–H groups in total. The fourth-order valence-electron chi connectivity index (χ4n) is 3.58. The second-order valence-corrected chi connectivity index (χ2v) is 7.07. The number of likely N-dealkylation sites (tertiary alicyclic amines) is 1. The van der Waals surface area contributed by atoms with Crippen LogP contribution in [0.1, 0.15) is 50.1 Å². The average molecular weight is 341 g/mol. The van der Waals surface area contributed by atoms with E-state index >= 15 is 0 Å². The minimum Gasteiger partial charge on any atom is -0.336 e. The standard InChI is InChI=1S/C17H22Cl2N2O/c18-14-7-5-12(11-15(14)19)16-4-2-10-21(16)17(22)8-6-13-3-1-9-20-13/h5,7,11,13,16,20H,1-4,6,8-10H2. The van der Waals surface area contributed by atoms with Crippen molar-refractivity contribution < 1.29 is 4.79 Å². The largest absolute Gasteiger partial charge is 0.336 e. The molecule has 2 unspecified atom stereocenters. The first-order valence-corrected chi connectivity index (χ1v) is 8.88. The molecule has 2 atom stereocenters. The summed E-state index contributed by atoms with van der Waals surface area (Å²) in [5.74, 6) is 0.266. The first-order chi connectivity index (χ1) is 10.6. The van der Waals surface area contributed by atoms with Gasteiger partial charge < -0.3 is 10.2 Å². The van der Waals surface area contributed by atoms with Crippen molar-refractivity contribution in [3.63, 3.8) is 0 Å². The first-order valence-electron chi connectivity index (χ1n) is 8.13. The molecule has 3 rings (SSSR count). The molecule has 2 heterocycles. The van der Waals surface area contributed by atoms with Gasteiger partial charge in [0.1, 0.15) is 0 Å². The fourth-order valence-corrected chi connectivity index (χ4v) is 3.88. The summed E-state index contributed by atoms with van der Waals surface area (Å²) in [5.41, 5.74) is 1.10. The Morgan fingerprint density at radius 2 is 2.09 bits per heavy atom. The lowest BCUT2D eigenvalue weighted by Crippen LogP contribution is -2.32. The number of hydrogen-bond acceptors (Lipinski definition) is 2. The molecule has 2 saturated heterocycles. The maximum atomic E-state index is 12.6. The Hall–Kier alpha value is -0.770. The van der Waals surface area contributed by atoms with Crippen molar-refractivity contribution in [2.24, 2.45) is 0 Å². The van der Waals surface area contributed by atoms with Gasteiger partial charge in [-0.25, -0.2) is 0 Å². The van der Waals surface area contributed by atoms with Gasteiger partial charge in [0.25, 0.3) is 0 Å². The lowest BCUT2D eigenvalue weighted by atomic mass is 10.0. The zero-order chi connectivity index (χ0) is 15.5. The van der Waals surface area contributed by atoms with Gasteiger partial charge in [0.05, 0.1) is 16.1 Å². The van der Waals surface area contributed by atoms with Gasteiger partial charge in [0.15, 0.2) is 0 Å². The molecule has 1 aromatic carbocycles. The maximum Gasteiger partial charge on any atom is 0.223 e. The van der Waals surface area contributed by atoms with Gasteiger partial charge in [-0.05, 0) is 56.3 Å². The zero-order valence-electron chi connectivity index (χ0n) is 12.7. The molecule has 2 fully saturated rings. The van der Waals surface area contributed by atoms with E-state index in [0.717, 1.165) is 37.9 Å². The molecule has 2 aliphatic rings. The Morgan fingerprint density at radius 1 is 1.23 bits per heavy atom. The van der Waals surface area contributed by atoms with Gasteiger partial charge in [-0.15, -0.1) is 0 Å². The number of hydrogen-bond donors (Lipinski definition) is 1. The van der Waals surface area contributed by atoms with Crippen LogP contribution in [0.4, 0.5) is 0 Å². The molecule has 0 saturated carbocycles. The summed E-state index contributed by atoms with van der Waals surface area (Å²) in [4.78, 5) is 14.6. The Kier molecular flexibility index (Phi) is 5.27. The Labute approximate surface area is 142 Å². The van der Waals surface area contributed by atoms with Crippen molar-refractivity contribution in [1.29, 1.82) is 0 Å². The number of carbonyl (C=O) groups excluding carboxylic acids is 1. The molecule has 1 amide bonds.